The maximum Gasteiger partial charge on any atom is 0.240 e. The lowest BCUT2D eigenvalue weighted by atomic mass is 9.89. The Hall–Kier alpha value is -1.45. The van der Waals surface area contributed by atoms with Gasteiger partial charge in [0, 0.05) is 6.04 Å². The second-order valence-corrected chi connectivity index (χ2v) is 7.18. The number of rotatable bonds is 3. The summed E-state index contributed by atoms with van der Waals surface area (Å²) in [6.07, 6.45) is 0. The van der Waals surface area contributed by atoms with E-state index in [0.29, 0.717) is 0 Å². The Kier molecular flexibility index (Phi) is 4.33. The first kappa shape index (κ1) is 15.6. The van der Waals surface area contributed by atoms with Crippen molar-refractivity contribution in [2.24, 2.45) is 5.41 Å². The van der Waals surface area contributed by atoms with E-state index in [-0.39, 0.29) is 21.9 Å². The predicted molar refractivity (Wildman–Crippen MR) is 70.4 cm³/mol. The fraction of sp³-hybridized carbons (Fsp3) is 0.462. The normalized spacial score (nSPS) is 13.9. The molecule has 1 atom stereocenters. The molecule has 0 saturated carbocycles. The summed E-state index contributed by atoms with van der Waals surface area (Å²) in [5.74, 6) is -0.731. The van der Waals surface area contributed by atoms with Gasteiger partial charge in [0.05, 0.1) is 10.5 Å². The van der Waals surface area contributed by atoms with Gasteiger partial charge in [-0.15, -0.1) is 0 Å². The third-order valence-corrected chi connectivity index (χ3v) is 4.54. The molecule has 1 aromatic rings. The molecule has 1 rings (SSSR count). The van der Waals surface area contributed by atoms with Gasteiger partial charge in [-0.1, -0.05) is 20.8 Å². The van der Waals surface area contributed by atoms with Crippen molar-refractivity contribution < 1.29 is 12.8 Å². The summed E-state index contributed by atoms with van der Waals surface area (Å²) in [6.45, 7) is 7.48. The van der Waals surface area contributed by atoms with Gasteiger partial charge in [0.2, 0.25) is 10.0 Å². The zero-order chi connectivity index (χ0) is 14.8. The Morgan fingerprint density at radius 3 is 2.42 bits per heavy atom. The summed E-state index contributed by atoms with van der Waals surface area (Å²) in [4.78, 5) is -0.110. The van der Waals surface area contributed by atoms with Gasteiger partial charge in [-0.2, -0.15) is 5.26 Å². The summed E-state index contributed by atoms with van der Waals surface area (Å²) < 4.78 is 39.9. The molecule has 0 saturated heterocycles. The van der Waals surface area contributed by atoms with Crippen LogP contribution in [-0.2, 0) is 10.0 Å². The summed E-state index contributed by atoms with van der Waals surface area (Å²) >= 11 is 0. The minimum atomic E-state index is -3.76. The average Bonchev–Trinajstić information content (AvgIpc) is 2.27. The third-order valence-electron chi connectivity index (χ3n) is 3.00. The number of nitrogens with one attached hydrogen (secondary N) is 1. The Morgan fingerprint density at radius 1 is 1.37 bits per heavy atom. The van der Waals surface area contributed by atoms with Gasteiger partial charge in [-0.25, -0.2) is 17.5 Å². The zero-order valence-electron chi connectivity index (χ0n) is 11.4. The second-order valence-electron chi connectivity index (χ2n) is 5.46. The smallest absolute Gasteiger partial charge is 0.208 e. The molecule has 0 bridgehead atoms. The van der Waals surface area contributed by atoms with Crippen molar-refractivity contribution in [2.75, 3.05) is 0 Å². The van der Waals surface area contributed by atoms with Crippen LogP contribution >= 0.6 is 0 Å². The number of hydrogen-bond acceptors (Lipinski definition) is 3. The van der Waals surface area contributed by atoms with Gasteiger partial charge >= 0.3 is 0 Å². The molecule has 0 fully saturated rings. The lowest BCUT2D eigenvalue weighted by Crippen LogP contribution is -2.41. The molecule has 1 unspecified atom stereocenters. The van der Waals surface area contributed by atoms with Crippen molar-refractivity contribution in [3.63, 3.8) is 0 Å². The average molecular weight is 284 g/mol. The van der Waals surface area contributed by atoms with Gasteiger partial charge in [0.15, 0.2) is 0 Å². The molecule has 0 spiro atoms. The molecule has 0 aliphatic carbocycles. The quantitative estimate of drug-likeness (QED) is 0.926. The number of nitriles is 1. The first-order valence-electron chi connectivity index (χ1n) is 5.80. The number of nitrogens with zero attached hydrogens (tertiary/aromatic N) is 1. The summed E-state index contributed by atoms with van der Waals surface area (Å²) in [7, 11) is -3.76. The molecule has 104 valence electrons. The van der Waals surface area contributed by atoms with Gasteiger partial charge in [0.25, 0.3) is 0 Å². The highest BCUT2D eigenvalue weighted by Crippen LogP contribution is 2.21. The molecule has 0 aromatic heterocycles. The molecule has 0 heterocycles. The Bertz CT molecular complexity index is 613. The number of sulfonamides is 1. The van der Waals surface area contributed by atoms with Crippen LogP contribution in [0.3, 0.4) is 0 Å². The standard InChI is InChI=1S/C13H17FN2O2S/c1-9(13(2,3)4)16-19(17,18)11-5-6-12(14)10(7-11)8-15/h5-7,9,16H,1-4H3. The molecule has 0 aliphatic heterocycles. The van der Waals surface area contributed by atoms with Gasteiger partial charge in [-0.3, -0.25) is 0 Å². The van der Waals surface area contributed by atoms with Crippen molar-refractivity contribution in [3.05, 3.63) is 29.6 Å². The van der Waals surface area contributed by atoms with Crippen molar-refractivity contribution in [3.8, 4) is 6.07 Å². The van der Waals surface area contributed by atoms with E-state index in [1.54, 1.807) is 13.0 Å². The van der Waals surface area contributed by atoms with Crippen molar-refractivity contribution >= 4 is 10.0 Å². The molecular formula is C13H17FN2O2S. The van der Waals surface area contributed by atoms with E-state index in [0.717, 1.165) is 18.2 Å². The lowest BCUT2D eigenvalue weighted by Gasteiger charge is -2.27. The Balaban J connectivity index is 3.12. The maximum atomic E-state index is 13.2. The van der Waals surface area contributed by atoms with Gasteiger partial charge < -0.3 is 0 Å². The van der Waals surface area contributed by atoms with Crippen LogP contribution in [0.15, 0.2) is 23.1 Å². The SMILES string of the molecule is CC(NS(=O)(=O)c1ccc(F)c(C#N)c1)C(C)(C)C. The van der Waals surface area contributed by atoms with E-state index in [2.05, 4.69) is 4.72 Å². The molecule has 1 N–H and O–H groups in total. The van der Waals surface area contributed by atoms with E-state index >= 15 is 0 Å². The van der Waals surface area contributed by atoms with Crippen LogP contribution in [0.4, 0.5) is 4.39 Å². The maximum absolute atomic E-state index is 13.2. The van der Waals surface area contributed by atoms with Crippen molar-refractivity contribution in [1.29, 1.82) is 5.26 Å². The number of halogens is 1. The topological polar surface area (TPSA) is 70.0 Å². The van der Waals surface area contributed by atoms with E-state index in [1.807, 2.05) is 20.8 Å². The zero-order valence-corrected chi connectivity index (χ0v) is 12.2. The third kappa shape index (κ3) is 3.75. The Morgan fingerprint density at radius 2 is 1.95 bits per heavy atom. The first-order valence-corrected chi connectivity index (χ1v) is 7.28. The summed E-state index contributed by atoms with van der Waals surface area (Å²) in [5.41, 5.74) is -0.531. The van der Waals surface area contributed by atoms with Crippen LogP contribution in [0.5, 0.6) is 0 Å². The minimum absolute atomic E-state index is 0.110. The van der Waals surface area contributed by atoms with Crippen molar-refractivity contribution in [1.82, 2.24) is 4.72 Å². The fourth-order valence-corrected chi connectivity index (χ4v) is 2.71. The minimum Gasteiger partial charge on any atom is -0.208 e. The summed E-state index contributed by atoms with van der Waals surface area (Å²) in [5, 5.41) is 8.71. The molecule has 0 aliphatic rings. The fourth-order valence-electron chi connectivity index (χ4n) is 1.23. The number of benzene rings is 1. The van der Waals surface area contributed by atoms with Crippen LogP contribution in [0, 0.1) is 22.6 Å². The van der Waals surface area contributed by atoms with E-state index in [1.165, 1.54) is 0 Å². The van der Waals surface area contributed by atoms with Crippen molar-refractivity contribution in [2.45, 2.75) is 38.6 Å². The molecule has 19 heavy (non-hydrogen) atoms. The highest BCUT2D eigenvalue weighted by Gasteiger charge is 2.26. The summed E-state index contributed by atoms with van der Waals surface area (Å²) in [6, 6.07) is 4.49. The van der Waals surface area contributed by atoms with Crippen LogP contribution in [0.25, 0.3) is 0 Å². The second kappa shape index (κ2) is 5.27. The van der Waals surface area contributed by atoms with Crippen LogP contribution in [0.1, 0.15) is 33.3 Å². The monoisotopic (exact) mass is 284 g/mol. The largest absolute Gasteiger partial charge is 0.240 e. The molecule has 4 nitrogen and oxygen atoms in total. The predicted octanol–water partition coefficient (Wildman–Crippen LogP) is 2.41. The molecular weight excluding hydrogens is 267 g/mol. The first-order chi connectivity index (χ1) is 8.58. The van der Waals surface area contributed by atoms with Crippen LogP contribution in [0.2, 0.25) is 0 Å². The van der Waals surface area contributed by atoms with Crippen LogP contribution < -0.4 is 4.72 Å². The van der Waals surface area contributed by atoms with Crippen LogP contribution in [-0.4, -0.2) is 14.5 Å². The Labute approximate surface area is 113 Å². The highest BCUT2D eigenvalue weighted by atomic mass is 32.2. The van der Waals surface area contributed by atoms with Gasteiger partial charge in [0.1, 0.15) is 11.9 Å². The van der Waals surface area contributed by atoms with Gasteiger partial charge in [-0.05, 0) is 30.5 Å². The molecule has 6 heteroatoms. The molecule has 1 aromatic carbocycles. The van der Waals surface area contributed by atoms with E-state index < -0.39 is 15.8 Å². The molecule has 0 amide bonds. The number of hydrogen-bond donors (Lipinski definition) is 1. The lowest BCUT2D eigenvalue weighted by molar-refractivity contribution is 0.317. The highest BCUT2D eigenvalue weighted by molar-refractivity contribution is 7.89. The van der Waals surface area contributed by atoms with E-state index in [9.17, 15) is 12.8 Å². The van der Waals surface area contributed by atoms with E-state index in [4.69, 9.17) is 5.26 Å². The molecule has 0 radical (unpaired) electrons.